The Morgan fingerprint density at radius 2 is 0.986 bits per heavy atom. The van der Waals surface area contributed by atoms with Gasteiger partial charge in [-0.3, -0.25) is 9.59 Å². The van der Waals surface area contributed by atoms with Crippen molar-refractivity contribution in [3.05, 3.63) is 105 Å². The average Bonchev–Trinajstić information content (AvgIpc) is 3.77. The minimum absolute atomic E-state index is 0.0854. The van der Waals surface area contributed by atoms with Crippen LogP contribution in [0.5, 0.6) is 0 Å². The topological polar surface area (TPSA) is 128 Å². The Morgan fingerprint density at radius 3 is 1.36 bits per heavy atom. The van der Waals surface area contributed by atoms with Crippen molar-refractivity contribution >= 4 is 41.5 Å². The average molecular weight is 985 g/mol. The number of esters is 2. The van der Waals surface area contributed by atoms with Crippen LogP contribution in [0.25, 0.3) is 6.08 Å². The van der Waals surface area contributed by atoms with Crippen molar-refractivity contribution < 1.29 is 28.7 Å². The first-order valence-electron chi connectivity index (χ1n) is 26.7. The van der Waals surface area contributed by atoms with Crippen LogP contribution in [0.3, 0.4) is 0 Å². The number of anilines is 1. The number of aliphatic imine (C=N–C) groups is 1. The van der Waals surface area contributed by atoms with Gasteiger partial charge < -0.3 is 24.7 Å². The van der Waals surface area contributed by atoms with Gasteiger partial charge in [-0.15, -0.1) is 0 Å². The van der Waals surface area contributed by atoms with Gasteiger partial charge in [0.05, 0.1) is 5.70 Å². The van der Waals surface area contributed by atoms with Crippen molar-refractivity contribution in [1.82, 2.24) is 9.88 Å². The molecule has 3 aromatic rings. The lowest BCUT2D eigenvalue weighted by Crippen LogP contribution is -2.50. The van der Waals surface area contributed by atoms with E-state index in [1.807, 2.05) is 69.7 Å². The van der Waals surface area contributed by atoms with E-state index in [2.05, 4.69) is 108 Å². The van der Waals surface area contributed by atoms with Crippen LogP contribution in [0.15, 0.2) is 82.5 Å². The lowest BCUT2D eigenvalue weighted by atomic mass is 9.59. The number of rotatable bonds is 10. The number of amides is 2. The SMILES string of the molecule is CC1CC(C(C)(C)C)C(OC(=O)C2=C(C(C)C)/C(=C/c3c(C(C)C)c(C(=O)OC4C(C(C)(C)C)CC(C)CC4C(C)(C)C)c(NC(=O)c4ccccc4)n3C)N=C2NC(=O)c2ccccc2)C(C(C)(C)C)C1. The predicted molar refractivity (Wildman–Crippen MR) is 293 cm³/mol. The Morgan fingerprint density at radius 1 is 0.597 bits per heavy atom. The van der Waals surface area contributed by atoms with Crippen molar-refractivity contribution in [3.63, 3.8) is 0 Å². The quantitative estimate of drug-likeness (QED) is 0.195. The van der Waals surface area contributed by atoms with Gasteiger partial charge >= 0.3 is 11.9 Å². The molecule has 6 rings (SSSR count). The molecule has 3 aliphatic rings. The minimum Gasteiger partial charge on any atom is -0.458 e. The number of hydrogen-bond acceptors (Lipinski definition) is 7. The molecular formula is C62H88N4O6. The maximum absolute atomic E-state index is 15.5. The number of hydrogen-bond donors (Lipinski definition) is 2. The van der Waals surface area contributed by atoms with E-state index in [4.69, 9.17) is 14.5 Å². The van der Waals surface area contributed by atoms with Gasteiger partial charge in [-0.25, -0.2) is 14.6 Å². The summed E-state index contributed by atoms with van der Waals surface area (Å²) in [4.78, 5) is 64.4. The van der Waals surface area contributed by atoms with Crippen LogP contribution in [0.4, 0.5) is 5.82 Å². The van der Waals surface area contributed by atoms with Crippen LogP contribution >= 0.6 is 0 Å². The van der Waals surface area contributed by atoms with Gasteiger partial charge in [0, 0.05) is 47.5 Å². The summed E-state index contributed by atoms with van der Waals surface area (Å²) in [7, 11) is 1.84. The van der Waals surface area contributed by atoms with Gasteiger partial charge in [0.25, 0.3) is 11.8 Å². The molecule has 10 heteroatoms. The highest BCUT2D eigenvalue weighted by Gasteiger charge is 2.51. The molecule has 1 aliphatic heterocycles. The molecule has 2 heterocycles. The van der Waals surface area contributed by atoms with Crippen molar-refractivity contribution in [3.8, 4) is 0 Å². The first kappa shape index (κ1) is 56.1. The molecule has 2 saturated carbocycles. The summed E-state index contributed by atoms with van der Waals surface area (Å²) in [5.74, 6) is -0.638. The fraction of sp³-hybridized carbons (Fsp3) is 0.597. The summed E-state index contributed by atoms with van der Waals surface area (Å²) >= 11 is 0. The summed E-state index contributed by atoms with van der Waals surface area (Å²) in [6, 6.07) is 17.9. The first-order chi connectivity index (χ1) is 33.3. The summed E-state index contributed by atoms with van der Waals surface area (Å²) in [6.07, 6.45) is 4.84. The molecule has 4 unspecified atom stereocenters. The van der Waals surface area contributed by atoms with E-state index in [0.717, 1.165) is 25.7 Å². The largest absolute Gasteiger partial charge is 0.458 e. The van der Waals surface area contributed by atoms with Gasteiger partial charge in [-0.2, -0.15) is 0 Å². The summed E-state index contributed by atoms with van der Waals surface area (Å²) < 4.78 is 15.7. The van der Waals surface area contributed by atoms with Gasteiger partial charge in [0.15, 0.2) is 0 Å². The second kappa shape index (κ2) is 21.3. The van der Waals surface area contributed by atoms with Gasteiger partial charge in [0.1, 0.15) is 35.0 Å². The molecule has 2 fully saturated rings. The summed E-state index contributed by atoms with van der Waals surface area (Å²) in [5.41, 5.74) is 3.09. The highest BCUT2D eigenvalue weighted by Crippen LogP contribution is 2.52. The Kier molecular flexibility index (Phi) is 16.6. The zero-order valence-corrected chi connectivity index (χ0v) is 47.3. The number of aromatic nitrogens is 1. The molecule has 10 nitrogen and oxygen atoms in total. The van der Waals surface area contributed by atoms with Crippen LogP contribution < -0.4 is 10.6 Å². The smallest absolute Gasteiger partial charge is 0.342 e. The Balaban J connectivity index is 1.58. The maximum Gasteiger partial charge on any atom is 0.342 e. The number of carbonyl (C=O) groups excluding carboxylic acids is 4. The maximum atomic E-state index is 15.5. The fourth-order valence-electron chi connectivity index (χ4n) is 12.1. The van der Waals surface area contributed by atoms with Crippen LogP contribution in [-0.4, -0.2) is 46.4 Å². The second-order valence-electron chi connectivity index (χ2n) is 26.6. The number of ether oxygens (including phenoxy) is 2. The Bertz CT molecular complexity index is 2520. The molecular weight excluding hydrogens is 897 g/mol. The van der Waals surface area contributed by atoms with E-state index < -0.39 is 17.8 Å². The highest BCUT2D eigenvalue weighted by molar-refractivity contribution is 6.27. The monoisotopic (exact) mass is 985 g/mol. The van der Waals surface area contributed by atoms with Crippen LogP contribution in [0, 0.1) is 63.1 Å². The van der Waals surface area contributed by atoms with Crippen LogP contribution in [0.2, 0.25) is 0 Å². The van der Waals surface area contributed by atoms with Gasteiger partial charge in [-0.1, -0.05) is 161 Å². The van der Waals surface area contributed by atoms with E-state index in [1.165, 1.54) is 0 Å². The van der Waals surface area contributed by atoms with Crippen molar-refractivity contribution in [2.45, 2.75) is 168 Å². The molecule has 2 N–H and O–H groups in total. The normalized spacial score (nSPS) is 24.9. The van der Waals surface area contributed by atoms with Crippen LogP contribution in [-0.2, 0) is 21.3 Å². The van der Waals surface area contributed by atoms with E-state index in [-0.39, 0.29) is 92.3 Å². The van der Waals surface area contributed by atoms with Gasteiger partial charge in [0.2, 0.25) is 0 Å². The third kappa shape index (κ3) is 12.2. The predicted octanol–water partition coefficient (Wildman–Crippen LogP) is 14.5. The number of benzene rings is 2. The first-order valence-corrected chi connectivity index (χ1v) is 26.7. The summed E-state index contributed by atoms with van der Waals surface area (Å²) in [6.45, 7) is 39.5. The molecule has 0 saturated heterocycles. The van der Waals surface area contributed by atoms with Crippen molar-refractivity contribution in [2.24, 2.45) is 75.1 Å². The number of carbonyl (C=O) groups is 4. The second-order valence-corrected chi connectivity index (χ2v) is 26.6. The number of nitrogens with one attached hydrogen (secondary N) is 2. The van der Waals surface area contributed by atoms with E-state index in [1.54, 1.807) is 36.4 Å². The molecule has 2 aromatic carbocycles. The molecule has 2 aliphatic carbocycles. The van der Waals surface area contributed by atoms with Crippen molar-refractivity contribution in [1.29, 1.82) is 0 Å². The zero-order chi connectivity index (χ0) is 53.6. The standard InChI is InChI=1S/C62H88N4O6/c1-35(2)47-45(63-53(64-55(67)39-26-22-20-23-27-39)49(47)57(69)71-51-41(59(7,8)9)30-37(5)31-42(51)60(10,11)12)34-46-48(36(3)4)50(54(66(46)19)65-56(68)40-28-24-21-25-29-40)58(70)72-52-43(61(13,14)15)32-38(6)33-44(52)62(16,17)18/h20-29,34-38,41-44,51-52H,30-33H2,1-19H3,(H,65,68)(H,63,64,67)/b45-34-. The number of allylic oxidation sites excluding steroid dienone is 1. The molecule has 0 radical (unpaired) electrons. The number of nitrogens with zero attached hydrogens (tertiary/aromatic N) is 2. The van der Waals surface area contributed by atoms with E-state index in [0.29, 0.717) is 51.3 Å². The summed E-state index contributed by atoms with van der Waals surface area (Å²) in [5, 5.41) is 6.19. The lowest BCUT2D eigenvalue weighted by Gasteiger charge is -2.50. The number of amidine groups is 1. The lowest BCUT2D eigenvalue weighted by molar-refractivity contribution is -0.164. The van der Waals surface area contributed by atoms with E-state index in [9.17, 15) is 9.59 Å². The van der Waals surface area contributed by atoms with Gasteiger partial charge in [-0.05, 0) is 112 Å². The van der Waals surface area contributed by atoms with Crippen LogP contribution in [0.1, 0.15) is 199 Å². The molecule has 0 spiro atoms. The molecule has 392 valence electrons. The Labute approximate surface area is 432 Å². The molecule has 2 amide bonds. The molecule has 1 aromatic heterocycles. The Hall–Kier alpha value is -5.25. The zero-order valence-electron chi connectivity index (χ0n) is 47.3. The highest BCUT2D eigenvalue weighted by atomic mass is 16.5. The molecule has 4 atom stereocenters. The molecule has 72 heavy (non-hydrogen) atoms. The molecule has 0 bridgehead atoms. The third-order valence-corrected chi connectivity index (χ3v) is 16.0. The third-order valence-electron chi connectivity index (χ3n) is 16.0. The van der Waals surface area contributed by atoms with E-state index >= 15 is 9.59 Å². The minimum atomic E-state index is -0.531. The van der Waals surface area contributed by atoms with Crippen molar-refractivity contribution in [2.75, 3.05) is 5.32 Å². The fourth-order valence-corrected chi connectivity index (χ4v) is 12.1.